The van der Waals surface area contributed by atoms with Crippen LogP contribution < -0.4 is 21.1 Å². The number of thiazole rings is 1. The van der Waals surface area contributed by atoms with E-state index in [4.69, 9.17) is 0 Å². The molecule has 1 atom stereocenters. The van der Waals surface area contributed by atoms with Crippen molar-refractivity contribution in [3.8, 4) is 0 Å². The molecule has 0 radical (unpaired) electrons. The zero-order chi connectivity index (χ0) is 24.2. The van der Waals surface area contributed by atoms with Crippen molar-refractivity contribution in [2.45, 2.75) is 46.6 Å². The molecule has 2 aromatic heterocycles. The second-order valence-corrected chi connectivity index (χ2v) is 9.73. The maximum Gasteiger partial charge on any atom is 0.273 e. The zero-order valence-electron chi connectivity index (χ0n) is 19.8. The second-order valence-electron chi connectivity index (χ2n) is 8.75. The summed E-state index contributed by atoms with van der Waals surface area (Å²) in [4.78, 5) is 48.9. The number of carbonyl (C=O) groups excluding carboxylic acids is 2. The fourth-order valence-electron chi connectivity index (χ4n) is 4.01. The number of benzene rings is 1. The lowest BCUT2D eigenvalue weighted by Crippen LogP contribution is -2.43. The Morgan fingerprint density at radius 3 is 2.82 bits per heavy atom. The van der Waals surface area contributed by atoms with Crippen molar-refractivity contribution in [3.05, 3.63) is 46.0 Å². The first-order chi connectivity index (χ1) is 16.4. The van der Waals surface area contributed by atoms with Gasteiger partial charge < -0.3 is 15.5 Å². The molecule has 34 heavy (non-hydrogen) atoms. The van der Waals surface area contributed by atoms with E-state index in [2.05, 4.69) is 25.5 Å². The van der Waals surface area contributed by atoms with E-state index in [-0.39, 0.29) is 29.8 Å². The molecule has 3 aromatic rings. The number of rotatable bonds is 7. The van der Waals surface area contributed by atoms with E-state index in [1.807, 2.05) is 39.0 Å². The van der Waals surface area contributed by atoms with Crippen molar-refractivity contribution in [2.75, 3.05) is 29.9 Å². The normalized spacial score (nSPS) is 16.0. The number of aryl methyl sites for hydroxylation is 2. The van der Waals surface area contributed by atoms with E-state index in [1.54, 1.807) is 0 Å². The van der Waals surface area contributed by atoms with Crippen molar-refractivity contribution >= 4 is 44.3 Å². The molecule has 1 fully saturated rings. The van der Waals surface area contributed by atoms with Crippen LogP contribution in [-0.2, 0) is 16.1 Å². The topological polar surface area (TPSA) is 109 Å². The summed E-state index contributed by atoms with van der Waals surface area (Å²) in [5.74, 6) is -0.317. The predicted molar refractivity (Wildman–Crippen MR) is 134 cm³/mol. The first-order valence-corrected chi connectivity index (χ1v) is 12.4. The van der Waals surface area contributed by atoms with Gasteiger partial charge in [0.25, 0.3) is 5.56 Å². The number of anilines is 2. The van der Waals surface area contributed by atoms with Gasteiger partial charge in [-0.1, -0.05) is 24.3 Å². The summed E-state index contributed by atoms with van der Waals surface area (Å²) in [7, 11) is 0. The van der Waals surface area contributed by atoms with Crippen LogP contribution in [0.15, 0.2) is 29.3 Å². The highest BCUT2D eigenvalue weighted by molar-refractivity contribution is 7.22. The minimum Gasteiger partial charge on any atom is -0.356 e. The Morgan fingerprint density at radius 1 is 1.24 bits per heavy atom. The van der Waals surface area contributed by atoms with Gasteiger partial charge in [-0.25, -0.2) is 4.98 Å². The summed E-state index contributed by atoms with van der Waals surface area (Å²) in [6, 6.07) is 5.69. The van der Waals surface area contributed by atoms with Gasteiger partial charge >= 0.3 is 0 Å². The largest absolute Gasteiger partial charge is 0.356 e. The number of amides is 2. The second kappa shape index (κ2) is 10.3. The summed E-state index contributed by atoms with van der Waals surface area (Å²) in [6.45, 7) is 7.92. The lowest BCUT2D eigenvalue weighted by atomic mass is 9.97. The number of hydrogen-bond donors (Lipinski definition) is 2. The SMILES string of the molecule is CCCNC(=O)[C@H]1CCCN(c2nc3ncn(CC(=O)Nc4ccc(C)c(C)c4)c(=O)c3s2)C1. The van der Waals surface area contributed by atoms with Gasteiger partial charge in [0.15, 0.2) is 10.8 Å². The Balaban J connectivity index is 1.48. The summed E-state index contributed by atoms with van der Waals surface area (Å²) >= 11 is 1.27. The third kappa shape index (κ3) is 5.27. The average Bonchev–Trinajstić information content (AvgIpc) is 3.27. The van der Waals surface area contributed by atoms with Crippen molar-refractivity contribution in [1.29, 1.82) is 0 Å². The molecular weight excluding hydrogens is 452 g/mol. The molecule has 2 N–H and O–H groups in total. The molecule has 2 amide bonds. The van der Waals surface area contributed by atoms with Gasteiger partial charge in [0.05, 0.1) is 5.92 Å². The van der Waals surface area contributed by atoms with Crippen LogP contribution in [0.4, 0.5) is 10.8 Å². The van der Waals surface area contributed by atoms with E-state index in [9.17, 15) is 14.4 Å². The average molecular weight is 483 g/mol. The number of aromatic nitrogens is 3. The molecule has 1 aliphatic rings. The van der Waals surface area contributed by atoms with Crippen molar-refractivity contribution in [3.63, 3.8) is 0 Å². The molecule has 0 spiro atoms. The first-order valence-electron chi connectivity index (χ1n) is 11.6. The lowest BCUT2D eigenvalue weighted by Gasteiger charge is -2.31. The van der Waals surface area contributed by atoms with E-state index in [0.717, 1.165) is 36.9 Å². The molecule has 0 unspecified atom stereocenters. The molecule has 9 nitrogen and oxygen atoms in total. The minimum absolute atomic E-state index is 0.0722. The van der Waals surface area contributed by atoms with Crippen LogP contribution in [-0.4, -0.2) is 46.0 Å². The Bertz CT molecular complexity index is 1270. The summed E-state index contributed by atoms with van der Waals surface area (Å²) in [6.07, 6.45) is 4.00. The molecule has 3 heterocycles. The number of piperidine rings is 1. The first kappa shape index (κ1) is 23.9. The molecule has 1 aliphatic heterocycles. The number of nitrogens with one attached hydrogen (secondary N) is 2. The third-order valence-corrected chi connectivity index (χ3v) is 7.18. The van der Waals surface area contributed by atoms with E-state index in [0.29, 0.717) is 34.3 Å². The molecule has 0 aliphatic carbocycles. The van der Waals surface area contributed by atoms with E-state index < -0.39 is 0 Å². The highest BCUT2D eigenvalue weighted by Gasteiger charge is 2.27. The van der Waals surface area contributed by atoms with Gasteiger partial charge in [0.2, 0.25) is 11.8 Å². The minimum atomic E-state index is -0.298. The summed E-state index contributed by atoms with van der Waals surface area (Å²) < 4.78 is 1.71. The Labute approximate surface area is 202 Å². The van der Waals surface area contributed by atoms with Crippen molar-refractivity contribution in [1.82, 2.24) is 19.9 Å². The lowest BCUT2D eigenvalue weighted by molar-refractivity contribution is -0.125. The van der Waals surface area contributed by atoms with Crippen LogP contribution in [0.5, 0.6) is 0 Å². The Hall–Kier alpha value is -3.27. The van der Waals surface area contributed by atoms with Crippen LogP contribution >= 0.6 is 11.3 Å². The smallest absolute Gasteiger partial charge is 0.273 e. The van der Waals surface area contributed by atoms with Crippen molar-refractivity contribution < 1.29 is 9.59 Å². The zero-order valence-corrected chi connectivity index (χ0v) is 20.6. The van der Waals surface area contributed by atoms with Gasteiger partial charge in [0, 0.05) is 25.3 Å². The monoisotopic (exact) mass is 482 g/mol. The predicted octanol–water partition coefficient (Wildman–Crippen LogP) is 2.85. The molecule has 10 heteroatoms. The molecule has 4 rings (SSSR count). The van der Waals surface area contributed by atoms with Gasteiger partial charge in [0.1, 0.15) is 17.6 Å². The molecule has 1 aromatic carbocycles. The highest BCUT2D eigenvalue weighted by Crippen LogP contribution is 2.29. The highest BCUT2D eigenvalue weighted by atomic mass is 32.1. The van der Waals surface area contributed by atoms with Gasteiger partial charge in [-0.3, -0.25) is 19.0 Å². The molecule has 0 bridgehead atoms. The van der Waals surface area contributed by atoms with Crippen LogP contribution in [0.25, 0.3) is 10.3 Å². The van der Waals surface area contributed by atoms with Gasteiger partial charge in [-0.05, 0) is 56.4 Å². The number of hydrogen-bond acceptors (Lipinski definition) is 7. The van der Waals surface area contributed by atoms with Crippen LogP contribution in [0.3, 0.4) is 0 Å². The fraction of sp³-hybridized carbons (Fsp3) is 0.458. The molecule has 180 valence electrons. The van der Waals surface area contributed by atoms with E-state index in [1.165, 1.54) is 22.2 Å². The number of fused-ring (bicyclic) bond motifs is 1. The van der Waals surface area contributed by atoms with Crippen LogP contribution in [0, 0.1) is 19.8 Å². The third-order valence-electron chi connectivity index (χ3n) is 6.09. The van der Waals surface area contributed by atoms with Crippen LogP contribution in [0.2, 0.25) is 0 Å². The van der Waals surface area contributed by atoms with Crippen LogP contribution in [0.1, 0.15) is 37.3 Å². The number of carbonyl (C=O) groups is 2. The number of nitrogens with zero attached hydrogens (tertiary/aromatic N) is 4. The summed E-state index contributed by atoms with van der Waals surface area (Å²) in [5.41, 5.74) is 2.99. The molecular formula is C24H30N6O3S. The fourth-order valence-corrected chi connectivity index (χ4v) is 5.02. The Morgan fingerprint density at radius 2 is 2.06 bits per heavy atom. The molecule has 1 saturated heterocycles. The quantitative estimate of drug-likeness (QED) is 0.536. The summed E-state index contributed by atoms with van der Waals surface area (Å²) in [5, 5.41) is 6.49. The maximum absolute atomic E-state index is 13.0. The van der Waals surface area contributed by atoms with Gasteiger partial charge in [-0.15, -0.1) is 0 Å². The molecule has 0 saturated carbocycles. The van der Waals surface area contributed by atoms with Gasteiger partial charge in [-0.2, -0.15) is 4.98 Å². The van der Waals surface area contributed by atoms with E-state index >= 15 is 0 Å². The standard InChI is InChI=1S/C24H30N6O3S/c1-4-9-25-22(32)17-6-5-10-29(12-17)24-28-21-20(34-24)23(33)30(14-26-21)13-19(31)27-18-8-7-15(2)16(3)11-18/h7-8,11,14,17H,4-6,9-10,12-13H2,1-3H3,(H,25,32)(H,27,31)/t17-/m0/s1. The Kier molecular flexibility index (Phi) is 7.26. The van der Waals surface area contributed by atoms with Crippen molar-refractivity contribution in [2.24, 2.45) is 5.92 Å². The maximum atomic E-state index is 13.0.